The minimum atomic E-state index is -3.59. The van der Waals surface area contributed by atoms with Crippen LogP contribution in [0.5, 0.6) is 0 Å². The summed E-state index contributed by atoms with van der Waals surface area (Å²) in [4.78, 5) is 14.4. The predicted octanol–water partition coefficient (Wildman–Crippen LogP) is 2.91. The Morgan fingerprint density at radius 1 is 1.29 bits per heavy atom. The van der Waals surface area contributed by atoms with Crippen LogP contribution in [0.25, 0.3) is 0 Å². The average molecular weight is 361 g/mol. The summed E-state index contributed by atoms with van der Waals surface area (Å²) < 4.78 is 35.7. The van der Waals surface area contributed by atoms with Crippen LogP contribution in [-0.4, -0.2) is 54.3 Å². The second kappa shape index (κ2) is 7.26. The van der Waals surface area contributed by atoms with Crippen molar-refractivity contribution in [3.8, 4) is 0 Å². The number of carbonyl (C=O) groups excluding carboxylic acids is 1. The van der Waals surface area contributed by atoms with Crippen LogP contribution in [0.3, 0.4) is 0 Å². The molecule has 0 aromatic heterocycles. The lowest BCUT2D eigenvalue weighted by atomic mass is 10.0. The smallest absolute Gasteiger partial charge is 0.350 e. The maximum atomic E-state index is 13.6. The molecule has 2 heterocycles. The van der Waals surface area contributed by atoms with Crippen molar-refractivity contribution in [2.24, 2.45) is 0 Å². The first-order chi connectivity index (χ1) is 11.2. The van der Waals surface area contributed by atoms with Crippen molar-refractivity contribution in [2.75, 3.05) is 13.7 Å². The van der Waals surface area contributed by atoms with Crippen LogP contribution < -0.4 is 0 Å². The predicted molar refractivity (Wildman–Crippen MR) is 89.6 cm³/mol. The van der Waals surface area contributed by atoms with Gasteiger partial charge in [0.25, 0.3) is 0 Å². The molecular weight excluding hydrogens is 333 g/mol. The molecule has 0 bridgehead atoms. The van der Waals surface area contributed by atoms with Gasteiger partial charge in [-0.05, 0) is 47.1 Å². The summed E-state index contributed by atoms with van der Waals surface area (Å²) in [6, 6.07) is 0. The molecule has 2 rings (SSSR count). The lowest BCUT2D eigenvalue weighted by molar-refractivity contribution is -0.149. The highest BCUT2D eigenvalue weighted by Crippen LogP contribution is 2.71. The summed E-state index contributed by atoms with van der Waals surface area (Å²) in [7, 11) is -2.04. The molecule has 0 amide bonds. The number of hydrogen-bond acceptors (Lipinski definition) is 7. The van der Waals surface area contributed by atoms with Crippen molar-refractivity contribution in [3.63, 3.8) is 0 Å². The molecule has 0 aromatic rings. The summed E-state index contributed by atoms with van der Waals surface area (Å²) in [5.74, 6) is -1.13. The number of ether oxygens (including phenoxy) is 2. The molecule has 4 atom stereocenters. The van der Waals surface area contributed by atoms with E-state index < -0.39 is 31.1 Å². The standard InChI is InChI=1S/C16H28NO6P/c1-7-21-15(18)16-10-8-9-13(20-6)17(16)14(16)24(19,22-11(2)3)23-12(4)5/h8-9,11-14H,7,10H2,1-6H3. The Kier molecular flexibility index (Phi) is 5.93. The average Bonchev–Trinajstić information content (AvgIpc) is 3.17. The third-order valence-electron chi connectivity index (χ3n) is 3.97. The van der Waals surface area contributed by atoms with Crippen LogP contribution in [-0.2, 0) is 27.9 Å². The van der Waals surface area contributed by atoms with Gasteiger partial charge in [-0.15, -0.1) is 0 Å². The highest BCUT2D eigenvalue weighted by molar-refractivity contribution is 7.55. The van der Waals surface area contributed by atoms with Gasteiger partial charge in [-0.3, -0.25) is 4.57 Å². The van der Waals surface area contributed by atoms with E-state index in [9.17, 15) is 9.36 Å². The Labute approximate surface area is 143 Å². The molecular formula is C16H28NO6P. The zero-order valence-electron chi connectivity index (χ0n) is 15.2. The van der Waals surface area contributed by atoms with E-state index >= 15 is 0 Å². The molecule has 0 aliphatic carbocycles. The molecule has 2 aliphatic heterocycles. The molecule has 0 radical (unpaired) electrons. The van der Waals surface area contributed by atoms with E-state index in [1.165, 1.54) is 0 Å². The SMILES string of the molecule is CCOC(=O)C12CC=CC(OC)N1C2P(=O)(OC(C)C)OC(C)C. The fraction of sp³-hybridized carbons (Fsp3) is 0.812. The van der Waals surface area contributed by atoms with Gasteiger partial charge in [-0.2, -0.15) is 0 Å². The summed E-state index contributed by atoms with van der Waals surface area (Å²) in [5, 5.41) is 0. The topological polar surface area (TPSA) is 74.1 Å². The Hall–Kier alpha value is -0.720. The summed E-state index contributed by atoms with van der Waals surface area (Å²) in [5.41, 5.74) is -1.05. The molecule has 1 fully saturated rings. The lowest BCUT2D eigenvalue weighted by Crippen LogP contribution is -2.38. The first kappa shape index (κ1) is 19.6. The van der Waals surface area contributed by atoms with E-state index in [1.54, 1.807) is 46.6 Å². The van der Waals surface area contributed by atoms with Gasteiger partial charge in [0.1, 0.15) is 12.0 Å². The fourth-order valence-corrected chi connectivity index (χ4v) is 6.15. The number of rotatable bonds is 8. The summed E-state index contributed by atoms with van der Waals surface area (Å²) in [6.45, 7) is 9.17. The molecule has 0 spiro atoms. The summed E-state index contributed by atoms with van der Waals surface area (Å²) >= 11 is 0. The van der Waals surface area contributed by atoms with Crippen molar-refractivity contribution < 1.29 is 27.9 Å². The van der Waals surface area contributed by atoms with E-state index in [4.69, 9.17) is 18.5 Å². The van der Waals surface area contributed by atoms with Gasteiger partial charge in [-0.25, -0.2) is 9.69 Å². The van der Waals surface area contributed by atoms with Crippen LogP contribution in [0.15, 0.2) is 12.2 Å². The number of hydrogen-bond donors (Lipinski definition) is 0. The molecule has 2 aliphatic rings. The van der Waals surface area contributed by atoms with Crippen LogP contribution >= 0.6 is 7.60 Å². The molecule has 138 valence electrons. The number of methoxy groups -OCH3 is 1. The first-order valence-corrected chi connectivity index (χ1v) is 9.95. The Morgan fingerprint density at radius 2 is 1.88 bits per heavy atom. The van der Waals surface area contributed by atoms with E-state index in [0.29, 0.717) is 6.42 Å². The quantitative estimate of drug-likeness (QED) is 0.285. The zero-order valence-corrected chi connectivity index (χ0v) is 16.1. The van der Waals surface area contributed by atoms with E-state index in [-0.39, 0.29) is 18.8 Å². The molecule has 7 nitrogen and oxygen atoms in total. The highest BCUT2D eigenvalue weighted by atomic mass is 31.2. The molecule has 1 saturated heterocycles. The maximum Gasteiger partial charge on any atom is 0.350 e. The third kappa shape index (κ3) is 3.33. The van der Waals surface area contributed by atoms with Crippen molar-refractivity contribution >= 4 is 13.6 Å². The first-order valence-electron chi connectivity index (χ1n) is 8.34. The minimum Gasteiger partial charge on any atom is -0.465 e. The van der Waals surface area contributed by atoms with Crippen LogP contribution in [0, 0.1) is 0 Å². The number of esters is 1. The van der Waals surface area contributed by atoms with Crippen molar-refractivity contribution in [2.45, 2.75) is 70.8 Å². The van der Waals surface area contributed by atoms with Gasteiger partial charge >= 0.3 is 13.6 Å². The second-order valence-electron chi connectivity index (χ2n) is 6.53. The van der Waals surface area contributed by atoms with Gasteiger partial charge in [-0.1, -0.05) is 6.08 Å². The molecule has 24 heavy (non-hydrogen) atoms. The van der Waals surface area contributed by atoms with Crippen molar-refractivity contribution in [1.82, 2.24) is 4.90 Å². The molecule has 8 heteroatoms. The van der Waals surface area contributed by atoms with E-state index in [0.717, 1.165) is 0 Å². The van der Waals surface area contributed by atoms with Gasteiger partial charge in [0.05, 0.1) is 18.8 Å². The van der Waals surface area contributed by atoms with Crippen LogP contribution in [0.2, 0.25) is 0 Å². The Bertz CT molecular complexity index is 535. The number of nitrogens with zero attached hydrogens (tertiary/aromatic N) is 1. The third-order valence-corrected chi connectivity index (χ3v) is 6.68. The number of carbonyl (C=O) groups is 1. The van der Waals surface area contributed by atoms with Gasteiger partial charge in [0.15, 0.2) is 5.54 Å². The maximum absolute atomic E-state index is 13.6. The minimum absolute atomic E-state index is 0.253. The molecule has 4 unspecified atom stereocenters. The zero-order chi connectivity index (χ0) is 18.1. The van der Waals surface area contributed by atoms with Crippen molar-refractivity contribution in [3.05, 3.63) is 12.2 Å². The van der Waals surface area contributed by atoms with E-state index in [2.05, 4.69) is 0 Å². The van der Waals surface area contributed by atoms with Gasteiger partial charge < -0.3 is 18.5 Å². The largest absolute Gasteiger partial charge is 0.465 e. The highest BCUT2D eigenvalue weighted by Gasteiger charge is 2.79. The number of fused-ring (bicyclic) bond motifs is 1. The fourth-order valence-electron chi connectivity index (χ4n) is 3.26. The Morgan fingerprint density at radius 3 is 2.33 bits per heavy atom. The molecule has 0 N–H and O–H groups in total. The summed E-state index contributed by atoms with van der Waals surface area (Å²) in [6.07, 6.45) is 3.03. The lowest BCUT2D eigenvalue weighted by Gasteiger charge is -2.23. The monoisotopic (exact) mass is 361 g/mol. The van der Waals surface area contributed by atoms with Crippen molar-refractivity contribution in [1.29, 1.82) is 0 Å². The van der Waals surface area contributed by atoms with Gasteiger partial charge in [0.2, 0.25) is 0 Å². The van der Waals surface area contributed by atoms with Crippen LogP contribution in [0.4, 0.5) is 0 Å². The van der Waals surface area contributed by atoms with Gasteiger partial charge in [0, 0.05) is 7.11 Å². The van der Waals surface area contributed by atoms with E-state index in [1.807, 2.05) is 12.2 Å². The molecule has 0 aromatic carbocycles. The normalized spacial score (nSPS) is 32.1. The Balaban J connectivity index is 2.42. The second-order valence-corrected chi connectivity index (χ2v) is 8.52. The van der Waals surface area contributed by atoms with Crippen LogP contribution in [0.1, 0.15) is 41.0 Å². The molecule has 0 saturated carbocycles.